The number of hydrogen-bond acceptors (Lipinski definition) is 4. The van der Waals surface area contributed by atoms with Crippen LogP contribution in [0.3, 0.4) is 0 Å². The molecule has 0 aromatic carbocycles. The average molecular weight is 265 g/mol. The van der Waals surface area contributed by atoms with Crippen molar-refractivity contribution >= 4 is 10.2 Å². The highest BCUT2D eigenvalue weighted by Gasteiger charge is 2.27. The molecule has 0 aliphatic carbocycles. The minimum Gasteiger partial charge on any atom is -0.381 e. The molecule has 1 aliphatic rings. The van der Waals surface area contributed by atoms with Crippen LogP contribution >= 0.6 is 0 Å². The Morgan fingerprint density at radius 2 is 2.29 bits per heavy atom. The third kappa shape index (κ3) is 4.51. The molecule has 2 atom stereocenters. The molecule has 0 aromatic rings. The first kappa shape index (κ1) is 14.8. The van der Waals surface area contributed by atoms with E-state index in [1.807, 2.05) is 6.92 Å². The summed E-state index contributed by atoms with van der Waals surface area (Å²) in [6, 6.07) is -0.0946. The lowest BCUT2D eigenvalue weighted by atomic mass is 10.0. The minimum absolute atomic E-state index is 0.0946. The van der Waals surface area contributed by atoms with Gasteiger partial charge in [-0.3, -0.25) is 0 Å². The van der Waals surface area contributed by atoms with Crippen molar-refractivity contribution in [3.05, 3.63) is 0 Å². The summed E-state index contributed by atoms with van der Waals surface area (Å²) < 4.78 is 33.1. The van der Waals surface area contributed by atoms with E-state index in [9.17, 15) is 8.42 Å². The fourth-order valence-electron chi connectivity index (χ4n) is 1.80. The van der Waals surface area contributed by atoms with Crippen molar-refractivity contribution in [3.8, 4) is 0 Å². The maximum atomic E-state index is 11.9. The number of nitrogens with one attached hydrogen (secondary N) is 1. The van der Waals surface area contributed by atoms with E-state index in [-0.39, 0.29) is 12.0 Å². The topological polar surface area (TPSA) is 84.7 Å². The highest BCUT2D eigenvalue weighted by molar-refractivity contribution is 7.87. The van der Waals surface area contributed by atoms with Gasteiger partial charge < -0.3 is 10.5 Å². The molecular weight excluding hydrogens is 242 g/mol. The molecule has 17 heavy (non-hydrogen) atoms. The maximum absolute atomic E-state index is 11.9. The first-order valence-electron chi connectivity index (χ1n) is 5.98. The summed E-state index contributed by atoms with van der Waals surface area (Å²) in [5, 5.41) is 0. The molecule has 2 unspecified atom stereocenters. The predicted molar refractivity (Wildman–Crippen MR) is 66.7 cm³/mol. The van der Waals surface area contributed by atoms with E-state index in [1.54, 1.807) is 7.05 Å². The van der Waals surface area contributed by atoms with Crippen LogP contribution in [-0.2, 0) is 14.9 Å². The third-order valence-corrected chi connectivity index (χ3v) is 4.77. The van der Waals surface area contributed by atoms with Crippen LogP contribution < -0.4 is 10.5 Å². The van der Waals surface area contributed by atoms with Crippen LogP contribution in [0, 0.1) is 5.92 Å². The van der Waals surface area contributed by atoms with Gasteiger partial charge in [-0.05, 0) is 26.3 Å². The molecular formula is C10H23N3O3S. The lowest BCUT2D eigenvalue weighted by Crippen LogP contribution is -2.46. The number of ether oxygens (including phenoxy) is 1. The molecule has 0 saturated carbocycles. The molecule has 7 heteroatoms. The monoisotopic (exact) mass is 265 g/mol. The Bertz CT molecular complexity index is 315. The first-order valence-corrected chi connectivity index (χ1v) is 7.42. The molecule has 0 spiro atoms. The molecule has 6 nitrogen and oxygen atoms in total. The van der Waals surface area contributed by atoms with E-state index in [0.717, 1.165) is 13.0 Å². The molecule has 0 aromatic heterocycles. The van der Waals surface area contributed by atoms with Gasteiger partial charge in [0.2, 0.25) is 0 Å². The summed E-state index contributed by atoms with van der Waals surface area (Å²) in [6.07, 6.45) is 1.58. The predicted octanol–water partition coefficient (Wildman–Crippen LogP) is -0.474. The molecule has 102 valence electrons. The third-order valence-electron chi connectivity index (χ3n) is 3.09. The largest absolute Gasteiger partial charge is 0.381 e. The van der Waals surface area contributed by atoms with Gasteiger partial charge in [-0.25, -0.2) is 0 Å². The van der Waals surface area contributed by atoms with Gasteiger partial charge in [0.15, 0.2) is 0 Å². The first-order chi connectivity index (χ1) is 7.97. The van der Waals surface area contributed by atoms with Crippen molar-refractivity contribution < 1.29 is 13.2 Å². The van der Waals surface area contributed by atoms with Gasteiger partial charge in [0.25, 0.3) is 10.2 Å². The normalized spacial score (nSPS) is 23.2. The van der Waals surface area contributed by atoms with Gasteiger partial charge >= 0.3 is 0 Å². The zero-order chi connectivity index (χ0) is 12.9. The number of nitrogens with zero attached hydrogens (tertiary/aromatic N) is 1. The Balaban J connectivity index is 2.46. The summed E-state index contributed by atoms with van der Waals surface area (Å²) in [5.41, 5.74) is 5.36. The van der Waals surface area contributed by atoms with Crippen molar-refractivity contribution in [2.45, 2.75) is 25.8 Å². The molecule has 0 amide bonds. The Morgan fingerprint density at radius 1 is 1.59 bits per heavy atom. The molecule has 3 N–H and O–H groups in total. The lowest BCUT2D eigenvalue weighted by molar-refractivity contribution is 0.180. The fourth-order valence-corrected chi connectivity index (χ4v) is 3.01. The Labute approximate surface area is 104 Å². The van der Waals surface area contributed by atoms with Gasteiger partial charge in [-0.1, -0.05) is 0 Å². The highest BCUT2D eigenvalue weighted by atomic mass is 32.2. The van der Waals surface area contributed by atoms with Crippen LogP contribution in [0.5, 0.6) is 0 Å². The van der Waals surface area contributed by atoms with E-state index < -0.39 is 10.2 Å². The van der Waals surface area contributed by atoms with E-state index in [4.69, 9.17) is 10.5 Å². The Hall–Kier alpha value is -0.210. The van der Waals surface area contributed by atoms with Crippen molar-refractivity contribution in [2.24, 2.45) is 11.7 Å². The maximum Gasteiger partial charge on any atom is 0.279 e. The van der Waals surface area contributed by atoms with Crippen LogP contribution in [0.1, 0.15) is 19.8 Å². The number of nitrogens with two attached hydrogens (primary N) is 1. The molecule has 1 saturated heterocycles. The second-order valence-electron chi connectivity index (χ2n) is 4.50. The van der Waals surface area contributed by atoms with Gasteiger partial charge in [0.1, 0.15) is 0 Å². The molecule has 0 radical (unpaired) electrons. The molecule has 1 aliphatic heterocycles. The number of hydrogen-bond donors (Lipinski definition) is 2. The SMILES string of the molecule is CC(NS(=O)(=O)N(C)CCCN)C1CCOC1. The molecule has 1 fully saturated rings. The van der Waals surface area contributed by atoms with Gasteiger partial charge in [-0.2, -0.15) is 17.4 Å². The second-order valence-corrected chi connectivity index (χ2v) is 6.31. The quantitative estimate of drug-likeness (QED) is 0.651. The smallest absolute Gasteiger partial charge is 0.279 e. The zero-order valence-electron chi connectivity index (χ0n) is 10.6. The van der Waals surface area contributed by atoms with Crippen molar-refractivity contribution in [1.29, 1.82) is 0 Å². The van der Waals surface area contributed by atoms with E-state index in [0.29, 0.717) is 26.1 Å². The fraction of sp³-hybridized carbons (Fsp3) is 1.00. The summed E-state index contributed by atoms with van der Waals surface area (Å²) in [5.74, 6) is 0.271. The van der Waals surface area contributed by atoms with Crippen LogP contribution in [0.15, 0.2) is 0 Å². The summed E-state index contributed by atoms with van der Waals surface area (Å²) in [4.78, 5) is 0. The van der Waals surface area contributed by atoms with Crippen LogP contribution in [0.4, 0.5) is 0 Å². The van der Waals surface area contributed by atoms with Crippen LogP contribution in [-0.4, -0.2) is 52.1 Å². The lowest BCUT2D eigenvalue weighted by Gasteiger charge is -2.23. The summed E-state index contributed by atoms with van der Waals surface area (Å²) >= 11 is 0. The van der Waals surface area contributed by atoms with E-state index in [1.165, 1.54) is 4.31 Å². The molecule has 1 rings (SSSR count). The number of rotatable bonds is 7. The average Bonchev–Trinajstić information content (AvgIpc) is 2.78. The summed E-state index contributed by atoms with van der Waals surface area (Å²) in [6.45, 7) is 4.18. The van der Waals surface area contributed by atoms with Crippen LogP contribution in [0.2, 0.25) is 0 Å². The zero-order valence-corrected chi connectivity index (χ0v) is 11.4. The Kier molecular flexibility index (Phi) is 5.81. The van der Waals surface area contributed by atoms with E-state index in [2.05, 4.69) is 4.72 Å². The standard InChI is InChI=1S/C10H23N3O3S/c1-9(10-4-7-16-8-10)12-17(14,15)13(2)6-3-5-11/h9-10,12H,3-8,11H2,1-2H3. The second kappa shape index (κ2) is 6.65. The Morgan fingerprint density at radius 3 is 2.82 bits per heavy atom. The van der Waals surface area contributed by atoms with Crippen molar-refractivity contribution in [3.63, 3.8) is 0 Å². The van der Waals surface area contributed by atoms with Crippen molar-refractivity contribution in [2.75, 3.05) is 33.4 Å². The van der Waals surface area contributed by atoms with Gasteiger partial charge in [-0.15, -0.1) is 0 Å². The van der Waals surface area contributed by atoms with Crippen LogP contribution in [0.25, 0.3) is 0 Å². The van der Waals surface area contributed by atoms with Gasteiger partial charge in [0, 0.05) is 32.2 Å². The van der Waals surface area contributed by atoms with Gasteiger partial charge in [0.05, 0.1) is 6.61 Å². The summed E-state index contributed by atoms with van der Waals surface area (Å²) in [7, 11) is -1.83. The van der Waals surface area contributed by atoms with E-state index >= 15 is 0 Å². The highest BCUT2D eigenvalue weighted by Crippen LogP contribution is 2.17. The van der Waals surface area contributed by atoms with Crippen molar-refractivity contribution in [1.82, 2.24) is 9.03 Å². The minimum atomic E-state index is -3.40. The molecule has 0 bridgehead atoms. The molecule has 1 heterocycles.